The van der Waals surface area contributed by atoms with E-state index in [0.717, 1.165) is 32.6 Å². The fourth-order valence-corrected chi connectivity index (χ4v) is 1.97. The molecule has 1 amide bonds. The maximum Gasteiger partial charge on any atom is 0.273 e. The third kappa shape index (κ3) is 3.89. The van der Waals surface area contributed by atoms with Crippen molar-refractivity contribution in [3.05, 3.63) is 17.8 Å². The van der Waals surface area contributed by atoms with Crippen LogP contribution in [0.5, 0.6) is 0 Å². The minimum absolute atomic E-state index is 0.136. The minimum Gasteiger partial charge on any atom is -0.381 e. The summed E-state index contributed by atoms with van der Waals surface area (Å²) >= 11 is 0. The van der Waals surface area contributed by atoms with Gasteiger partial charge in [0.1, 0.15) is 5.82 Å². The Labute approximate surface area is 113 Å². The highest BCUT2D eigenvalue weighted by Crippen LogP contribution is 2.15. The lowest BCUT2D eigenvalue weighted by Crippen LogP contribution is -2.24. The second kappa shape index (κ2) is 6.47. The molecule has 1 saturated heterocycles. The molecule has 1 aliphatic heterocycles. The van der Waals surface area contributed by atoms with Crippen molar-refractivity contribution in [2.45, 2.75) is 12.8 Å². The molecule has 1 aliphatic rings. The molecule has 0 unspecified atom stereocenters. The number of nitrogens with one attached hydrogen (secondary N) is 1. The average Bonchev–Trinajstić information content (AvgIpc) is 2.46. The third-order valence-electron chi connectivity index (χ3n) is 3.20. The van der Waals surface area contributed by atoms with Gasteiger partial charge in [-0.1, -0.05) is 0 Å². The second-order valence-corrected chi connectivity index (χ2v) is 4.94. The lowest BCUT2D eigenvalue weighted by Gasteiger charge is -2.22. The predicted octanol–water partition coefficient (Wildman–Crippen LogP) is 1.02. The molecule has 0 aliphatic carbocycles. The number of rotatable bonds is 4. The molecule has 6 nitrogen and oxygen atoms in total. The molecule has 19 heavy (non-hydrogen) atoms. The molecule has 0 bridgehead atoms. The number of aromatic nitrogens is 2. The molecule has 1 aromatic rings. The van der Waals surface area contributed by atoms with Gasteiger partial charge in [-0.15, -0.1) is 10.2 Å². The van der Waals surface area contributed by atoms with E-state index in [0.29, 0.717) is 17.4 Å². The summed E-state index contributed by atoms with van der Waals surface area (Å²) in [6, 6.07) is 3.49. The highest BCUT2D eigenvalue weighted by molar-refractivity contribution is 5.91. The van der Waals surface area contributed by atoms with Gasteiger partial charge in [0, 0.05) is 33.9 Å². The fraction of sp³-hybridized carbons (Fsp3) is 0.615. The van der Waals surface area contributed by atoms with E-state index in [4.69, 9.17) is 4.74 Å². The Morgan fingerprint density at radius 1 is 1.37 bits per heavy atom. The van der Waals surface area contributed by atoms with Gasteiger partial charge in [0.15, 0.2) is 5.69 Å². The highest BCUT2D eigenvalue weighted by Gasteiger charge is 2.14. The van der Waals surface area contributed by atoms with Gasteiger partial charge >= 0.3 is 0 Å². The Morgan fingerprint density at radius 3 is 2.68 bits per heavy atom. The molecule has 1 N–H and O–H groups in total. The first-order valence-corrected chi connectivity index (χ1v) is 6.54. The monoisotopic (exact) mass is 264 g/mol. The van der Waals surface area contributed by atoms with Gasteiger partial charge in [-0.2, -0.15) is 0 Å². The number of carbonyl (C=O) groups excluding carboxylic acids is 1. The first kappa shape index (κ1) is 13.7. The summed E-state index contributed by atoms with van der Waals surface area (Å²) in [6.45, 7) is 2.56. The molecule has 0 spiro atoms. The summed E-state index contributed by atoms with van der Waals surface area (Å²) < 4.78 is 5.32. The summed E-state index contributed by atoms with van der Waals surface area (Å²) in [5, 5.41) is 11.2. The molecular weight excluding hydrogens is 244 g/mol. The number of carbonyl (C=O) groups is 1. The van der Waals surface area contributed by atoms with Crippen LogP contribution >= 0.6 is 0 Å². The van der Waals surface area contributed by atoms with Crippen LogP contribution in [0.15, 0.2) is 12.1 Å². The van der Waals surface area contributed by atoms with Crippen LogP contribution in [0, 0.1) is 5.92 Å². The van der Waals surface area contributed by atoms with Crippen LogP contribution in [0.1, 0.15) is 23.3 Å². The van der Waals surface area contributed by atoms with Gasteiger partial charge in [-0.3, -0.25) is 4.79 Å². The molecule has 0 aromatic carbocycles. The number of ether oxygens (including phenoxy) is 1. The summed E-state index contributed by atoms with van der Waals surface area (Å²) in [7, 11) is 3.39. The SMILES string of the molecule is CN(C)C(=O)c1ccc(NCC2CCOCC2)nn1. The maximum absolute atomic E-state index is 11.7. The van der Waals surface area contributed by atoms with Crippen molar-refractivity contribution in [2.24, 2.45) is 5.92 Å². The zero-order valence-corrected chi connectivity index (χ0v) is 11.4. The van der Waals surface area contributed by atoms with E-state index < -0.39 is 0 Å². The minimum atomic E-state index is -0.136. The van der Waals surface area contributed by atoms with Crippen LogP contribution < -0.4 is 5.32 Å². The summed E-state index contributed by atoms with van der Waals surface area (Å²) in [5.41, 5.74) is 0.363. The summed E-state index contributed by atoms with van der Waals surface area (Å²) in [5.74, 6) is 1.20. The molecule has 6 heteroatoms. The Hall–Kier alpha value is -1.69. The van der Waals surface area contributed by atoms with E-state index in [2.05, 4.69) is 15.5 Å². The van der Waals surface area contributed by atoms with Gasteiger partial charge in [-0.05, 0) is 30.9 Å². The van der Waals surface area contributed by atoms with Crippen molar-refractivity contribution in [1.82, 2.24) is 15.1 Å². The van der Waals surface area contributed by atoms with Crippen molar-refractivity contribution in [3.63, 3.8) is 0 Å². The first-order chi connectivity index (χ1) is 9.16. The Bertz CT molecular complexity index is 413. The number of anilines is 1. The summed E-state index contributed by atoms with van der Waals surface area (Å²) in [6.07, 6.45) is 2.16. The average molecular weight is 264 g/mol. The van der Waals surface area contributed by atoms with Crippen LogP contribution in [-0.4, -0.2) is 54.9 Å². The van der Waals surface area contributed by atoms with Crippen molar-refractivity contribution in [3.8, 4) is 0 Å². The van der Waals surface area contributed by atoms with E-state index in [1.165, 1.54) is 4.90 Å². The van der Waals surface area contributed by atoms with Crippen LogP contribution in [-0.2, 0) is 4.74 Å². The Balaban J connectivity index is 1.86. The molecule has 0 atom stereocenters. The number of hydrogen-bond acceptors (Lipinski definition) is 5. The third-order valence-corrected chi connectivity index (χ3v) is 3.20. The van der Waals surface area contributed by atoms with Crippen LogP contribution in [0.3, 0.4) is 0 Å². The Kier molecular flexibility index (Phi) is 4.68. The second-order valence-electron chi connectivity index (χ2n) is 4.94. The molecule has 1 aromatic heterocycles. The largest absolute Gasteiger partial charge is 0.381 e. The topological polar surface area (TPSA) is 67.4 Å². The maximum atomic E-state index is 11.7. The van der Waals surface area contributed by atoms with Crippen molar-refractivity contribution >= 4 is 11.7 Å². The first-order valence-electron chi connectivity index (χ1n) is 6.54. The predicted molar refractivity (Wildman–Crippen MR) is 72.1 cm³/mol. The molecule has 0 saturated carbocycles. The molecule has 1 fully saturated rings. The van der Waals surface area contributed by atoms with Crippen LogP contribution in [0.2, 0.25) is 0 Å². The van der Waals surface area contributed by atoms with Crippen molar-refractivity contribution < 1.29 is 9.53 Å². The highest BCUT2D eigenvalue weighted by atomic mass is 16.5. The molecular formula is C13H20N4O2. The number of hydrogen-bond donors (Lipinski definition) is 1. The Morgan fingerprint density at radius 2 is 2.11 bits per heavy atom. The van der Waals surface area contributed by atoms with Gasteiger partial charge in [0.05, 0.1) is 0 Å². The van der Waals surface area contributed by atoms with E-state index in [9.17, 15) is 4.79 Å². The van der Waals surface area contributed by atoms with Crippen molar-refractivity contribution in [2.75, 3.05) is 39.2 Å². The zero-order chi connectivity index (χ0) is 13.7. The van der Waals surface area contributed by atoms with Crippen LogP contribution in [0.25, 0.3) is 0 Å². The van der Waals surface area contributed by atoms with E-state index in [1.54, 1.807) is 26.2 Å². The normalized spacial score (nSPS) is 16.1. The van der Waals surface area contributed by atoms with E-state index in [1.807, 2.05) is 0 Å². The smallest absolute Gasteiger partial charge is 0.273 e. The zero-order valence-electron chi connectivity index (χ0n) is 11.4. The quantitative estimate of drug-likeness (QED) is 0.879. The van der Waals surface area contributed by atoms with Gasteiger partial charge in [0.25, 0.3) is 5.91 Å². The summed E-state index contributed by atoms with van der Waals surface area (Å²) in [4.78, 5) is 13.1. The standard InChI is InChI=1S/C13H20N4O2/c1-17(2)13(18)11-3-4-12(16-15-11)14-9-10-5-7-19-8-6-10/h3-4,10H,5-9H2,1-2H3,(H,14,16). The molecule has 104 valence electrons. The van der Waals surface area contributed by atoms with E-state index in [-0.39, 0.29) is 5.91 Å². The number of nitrogens with zero attached hydrogens (tertiary/aromatic N) is 3. The fourth-order valence-electron chi connectivity index (χ4n) is 1.97. The molecule has 2 heterocycles. The van der Waals surface area contributed by atoms with Gasteiger partial charge < -0.3 is 15.0 Å². The van der Waals surface area contributed by atoms with Crippen LogP contribution in [0.4, 0.5) is 5.82 Å². The lowest BCUT2D eigenvalue weighted by atomic mass is 10.0. The number of amides is 1. The molecule has 2 rings (SSSR count). The van der Waals surface area contributed by atoms with Gasteiger partial charge in [0.2, 0.25) is 0 Å². The lowest BCUT2D eigenvalue weighted by molar-refractivity contribution is 0.0699. The van der Waals surface area contributed by atoms with E-state index >= 15 is 0 Å². The van der Waals surface area contributed by atoms with Crippen molar-refractivity contribution in [1.29, 1.82) is 0 Å². The van der Waals surface area contributed by atoms with Gasteiger partial charge in [-0.25, -0.2) is 0 Å². The molecule has 0 radical (unpaired) electrons.